The lowest BCUT2D eigenvalue weighted by atomic mass is 10.1. The Morgan fingerprint density at radius 2 is 1.71 bits per heavy atom. The van der Waals surface area contributed by atoms with Gasteiger partial charge < -0.3 is 10.6 Å². The van der Waals surface area contributed by atoms with Crippen LogP contribution in [-0.4, -0.2) is 13.1 Å². The predicted molar refractivity (Wildman–Crippen MR) is 67.1 cm³/mol. The van der Waals surface area contributed by atoms with Gasteiger partial charge in [0, 0.05) is 11.7 Å². The van der Waals surface area contributed by atoms with E-state index in [2.05, 4.69) is 0 Å². The van der Waals surface area contributed by atoms with E-state index in [1.165, 1.54) is 0 Å². The summed E-state index contributed by atoms with van der Waals surface area (Å²) >= 11 is 0. The van der Waals surface area contributed by atoms with Crippen molar-refractivity contribution < 1.29 is 0 Å². The van der Waals surface area contributed by atoms with Gasteiger partial charge in [0.15, 0.2) is 0 Å². The van der Waals surface area contributed by atoms with E-state index >= 15 is 0 Å². The summed E-state index contributed by atoms with van der Waals surface area (Å²) < 4.78 is 0. The average molecular weight is 228 g/mol. The van der Waals surface area contributed by atoms with Crippen molar-refractivity contribution >= 4 is 5.69 Å². The first-order valence-corrected chi connectivity index (χ1v) is 5.57. The highest BCUT2D eigenvalue weighted by atomic mass is 15.1. The molecule has 1 aromatic rings. The van der Waals surface area contributed by atoms with Crippen LogP contribution >= 0.6 is 0 Å². The fourth-order valence-electron chi connectivity index (χ4n) is 1.58. The number of hydrogen-bond donors (Lipinski definition) is 1. The molecule has 4 nitrogen and oxygen atoms in total. The highest BCUT2D eigenvalue weighted by molar-refractivity contribution is 5.49. The first kappa shape index (κ1) is 13.0. The highest BCUT2D eigenvalue weighted by Crippen LogP contribution is 2.19. The van der Waals surface area contributed by atoms with Crippen molar-refractivity contribution in [2.45, 2.75) is 19.4 Å². The van der Waals surface area contributed by atoms with Crippen molar-refractivity contribution in [2.24, 2.45) is 5.73 Å². The first-order chi connectivity index (χ1) is 8.22. The number of anilines is 1. The maximum absolute atomic E-state index is 8.68. The van der Waals surface area contributed by atoms with Gasteiger partial charge in [-0.25, -0.2) is 0 Å². The minimum atomic E-state index is 0.0458. The normalized spacial score (nSPS) is 11.3. The molecule has 0 unspecified atom stereocenters. The number of rotatable bonds is 5. The zero-order chi connectivity index (χ0) is 12.7. The zero-order valence-electron chi connectivity index (χ0n) is 9.93. The van der Waals surface area contributed by atoms with E-state index in [4.69, 9.17) is 16.3 Å². The molecule has 0 heterocycles. The lowest BCUT2D eigenvalue weighted by molar-refractivity contribution is 0.698. The third-order valence-electron chi connectivity index (χ3n) is 2.65. The molecule has 17 heavy (non-hydrogen) atoms. The topological polar surface area (TPSA) is 76.8 Å². The summed E-state index contributed by atoms with van der Waals surface area (Å²) in [7, 11) is 0. The summed E-state index contributed by atoms with van der Waals surface area (Å²) in [6.07, 6.45) is 0.888. The number of benzene rings is 1. The van der Waals surface area contributed by atoms with Crippen molar-refractivity contribution in [3.63, 3.8) is 0 Å². The third-order valence-corrected chi connectivity index (χ3v) is 2.65. The summed E-state index contributed by atoms with van der Waals surface area (Å²) in [6, 6.07) is 11.8. The van der Waals surface area contributed by atoms with Gasteiger partial charge in [-0.1, -0.05) is 19.1 Å². The summed E-state index contributed by atoms with van der Waals surface area (Å²) in [5.74, 6) is 0. The van der Waals surface area contributed by atoms with Gasteiger partial charge in [0.05, 0.1) is 12.1 Å². The molecule has 1 atom stereocenters. The summed E-state index contributed by atoms with van der Waals surface area (Å²) in [5.41, 5.74) is 7.87. The minimum Gasteiger partial charge on any atom is -0.345 e. The Labute approximate surface area is 102 Å². The highest BCUT2D eigenvalue weighted by Gasteiger charge is 2.07. The molecule has 0 aromatic heterocycles. The molecular formula is C13H16N4. The van der Waals surface area contributed by atoms with E-state index in [1.54, 1.807) is 4.90 Å². The van der Waals surface area contributed by atoms with Crippen LogP contribution in [0.25, 0.3) is 0 Å². The molecule has 0 fully saturated rings. The number of hydrogen-bond acceptors (Lipinski definition) is 4. The van der Waals surface area contributed by atoms with Gasteiger partial charge in [0.1, 0.15) is 13.1 Å². The van der Waals surface area contributed by atoms with Crippen LogP contribution in [0, 0.1) is 22.7 Å². The van der Waals surface area contributed by atoms with Crippen LogP contribution in [0.2, 0.25) is 0 Å². The van der Waals surface area contributed by atoms with Crippen LogP contribution in [0.1, 0.15) is 24.9 Å². The van der Waals surface area contributed by atoms with Crippen molar-refractivity contribution in [1.82, 2.24) is 0 Å². The van der Waals surface area contributed by atoms with Crippen LogP contribution in [-0.2, 0) is 0 Å². The van der Waals surface area contributed by atoms with E-state index in [0.29, 0.717) is 0 Å². The summed E-state index contributed by atoms with van der Waals surface area (Å²) in [5, 5.41) is 17.4. The number of nitriles is 2. The molecule has 4 heteroatoms. The lowest BCUT2D eigenvalue weighted by Gasteiger charge is -2.19. The molecule has 0 aliphatic heterocycles. The Bertz CT molecular complexity index is 408. The largest absolute Gasteiger partial charge is 0.345 e. The van der Waals surface area contributed by atoms with Crippen molar-refractivity contribution in [3.8, 4) is 12.1 Å². The van der Waals surface area contributed by atoms with E-state index in [1.807, 2.05) is 43.3 Å². The Morgan fingerprint density at radius 3 is 2.12 bits per heavy atom. The Kier molecular flexibility index (Phi) is 5.00. The molecule has 0 aliphatic carbocycles. The monoisotopic (exact) mass is 228 g/mol. The van der Waals surface area contributed by atoms with Gasteiger partial charge in [-0.3, -0.25) is 0 Å². The van der Waals surface area contributed by atoms with Gasteiger partial charge >= 0.3 is 0 Å². The van der Waals surface area contributed by atoms with E-state index in [9.17, 15) is 0 Å². The molecular weight excluding hydrogens is 212 g/mol. The molecule has 0 radical (unpaired) electrons. The Hall–Kier alpha value is -2.04. The van der Waals surface area contributed by atoms with Crippen molar-refractivity contribution in [1.29, 1.82) is 10.5 Å². The Balaban J connectivity index is 2.85. The fourth-order valence-corrected chi connectivity index (χ4v) is 1.58. The quantitative estimate of drug-likeness (QED) is 0.781. The van der Waals surface area contributed by atoms with Crippen molar-refractivity contribution in [2.75, 3.05) is 18.0 Å². The van der Waals surface area contributed by atoms with Gasteiger partial charge in [-0.2, -0.15) is 10.5 Å². The Morgan fingerprint density at radius 1 is 1.18 bits per heavy atom. The molecule has 88 valence electrons. The van der Waals surface area contributed by atoms with Gasteiger partial charge in [-0.15, -0.1) is 0 Å². The summed E-state index contributed by atoms with van der Waals surface area (Å²) in [4.78, 5) is 1.72. The molecule has 1 aromatic carbocycles. The predicted octanol–water partition coefficient (Wildman–Crippen LogP) is 1.95. The van der Waals surface area contributed by atoms with Gasteiger partial charge in [-0.05, 0) is 24.1 Å². The minimum absolute atomic E-state index is 0.0458. The lowest BCUT2D eigenvalue weighted by Crippen LogP contribution is -2.23. The SMILES string of the molecule is CC[C@@H](N)c1ccc(N(CC#N)CC#N)cc1. The van der Waals surface area contributed by atoms with Gasteiger partial charge in [0.25, 0.3) is 0 Å². The molecule has 2 N–H and O–H groups in total. The van der Waals surface area contributed by atoms with Crippen LogP contribution < -0.4 is 10.6 Å². The van der Waals surface area contributed by atoms with Gasteiger partial charge in [0.2, 0.25) is 0 Å². The summed E-state index contributed by atoms with van der Waals surface area (Å²) in [6.45, 7) is 2.47. The fraction of sp³-hybridized carbons (Fsp3) is 0.385. The third kappa shape index (κ3) is 3.48. The van der Waals surface area contributed by atoms with E-state index in [-0.39, 0.29) is 19.1 Å². The van der Waals surface area contributed by atoms with Crippen LogP contribution in [0.4, 0.5) is 5.69 Å². The second-order valence-corrected chi connectivity index (χ2v) is 3.78. The molecule has 1 rings (SSSR count). The first-order valence-electron chi connectivity index (χ1n) is 5.57. The second kappa shape index (κ2) is 6.52. The average Bonchev–Trinajstić information content (AvgIpc) is 2.38. The van der Waals surface area contributed by atoms with Crippen LogP contribution in [0.5, 0.6) is 0 Å². The van der Waals surface area contributed by atoms with E-state index < -0.39 is 0 Å². The molecule has 0 amide bonds. The number of nitrogens with zero attached hydrogens (tertiary/aromatic N) is 3. The molecule has 0 saturated carbocycles. The maximum atomic E-state index is 8.68. The standard InChI is InChI=1S/C13H16N4/c1-2-13(16)11-3-5-12(6-4-11)17(9-7-14)10-8-15/h3-6,13H,2,9-10,16H2,1H3/t13-/m1/s1. The zero-order valence-corrected chi connectivity index (χ0v) is 9.93. The van der Waals surface area contributed by atoms with Crippen LogP contribution in [0.3, 0.4) is 0 Å². The van der Waals surface area contributed by atoms with Crippen molar-refractivity contribution in [3.05, 3.63) is 29.8 Å². The second-order valence-electron chi connectivity index (χ2n) is 3.78. The molecule has 0 saturated heterocycles. The number of nitrogens with two attached hydrogens (primary N) is 1. The molecule has 0 aliphatic rings. The molecule has 0 spiro atoms. The smallest absolute Gasteiger partial charge is 0.106 e. The van der Waals surface area contributed by atoms with E-state index in [0.717, 1.165) is 17.7 Å². The molecule has 0 bridgehead atoms. The maximum Gasteiger partial charge on any atom is 0.106 e. The van der Waals surface area contributed by atoms with Crippen LogP contribution in [0.15, 0.2) is 24.3 Å².